The molecule has 1 aliphatic heterocycles. The number of hydrogen-bond donors (Lipinski definition) is 1. The fourth-order valence-electron chi connectivity index (χ4n) is 3.24. The van der Waals surface area contributed by atoms with Crippen LogP contribution in [0.2, 0.25) is 5.02 Å². The highest BCUT2D eigenvalue weighted by atomic mass is 35.5. The van der Waals surface area contributed by atoms with Crippen LogP contribution in [0.1, 0.15) is 35.8 Å². The van der Waals surface area contributed by atoms with Crippen molar-refractivity contribution in [1.29, 1.82) is 0 Å². The number of halogens is 1. The fraction of sp³-hybridized carbons (Fsp3) is 0.389. The van der Waals surface area contributed by atoms with E-state index in [9.17, 15) is 9.59 Å². The first kappa shape index (κ1) is 16.7. The smallest absolute Gasteiger partial charge is 0.255 e. The molecule has 24 heavy (non-hydrogen) atoms. The van der Waals surface area contributed by atoms with Crippen molar-refractivity contribution in [2.24, 2.45) is 11.7 Å². The quantitative estimate of drug-likeness (QED) is 0.909. The van der Waals surface area contributed by atoms with Gasteiger partial charge in [0.15, 0.2) is 0 Å². The summed E-state index contributed by atoms with van der Waals surface area (Å²) in [7, 11) is 0. The Bertz CT molecular complexity index is 821. The highest BCUT2D eigenvalue weighted by Crippen LogP contribution is 2.26. The maximum absolute atomic E-state index is 13.0. The predicted molar refractivity (Wildman–Crippen MR) is 93.9 cm³/mol. The first-order chi connectivity index (χ1) is 11.4. The Labute approximate surface area is 145 Å². The van der Waals surface area contributed by atoms with Gasteiger partial charge in [0.25, 0.3) is 5.91 Å². The van der Waals surface area contributed by atoms with E-state index in [0.29, 0.717) is 22.8 Å². The molecule has 0 unspecified atom stereocenters. The van der Waals surface area contributed by atoms with E-state index in [-0.39, 0.29) is 23.8 Å². The van der Waals surface area contributed by atoms with Gasteiger partial charge in [-0.25, -0.2) is 0 Å². The Morgan fingerprint density at radius 2 is 2.04 bits per heavy atom. The molecule has 2 heterocycles. The maximum atomic E-state index is 13.0. The lowest BCUT2D eigenvalue weighted by molar-refractivity contribution is -0.123. The zero-order chi connectivity index (χ0) is 17.4. The number of aromatic nitrogens is 1. The molecule has 1 fully saturated rings. The van der Waals surface area contributed by atoms with Crippen molar-refractivity contribution < 1.29 is 9.59 Å². The van der Waals surface area contributed by atoms with Crippen molar-refractivity contribution in [3.05, 3.63) is 40.5 Å². The minimum Gasteiger partial charge on any atom is -0.369 e. The van der Waals surface area contributed by atoms with Gasteiger partial charge in [-0.15, -0.1) is 0 Å². The zero-order valence-electron chi connectivity index (χ0n) is 13.8. The van der Waals surface area contributed by atoms with Gasteiger partial charge < -0.3 is 10.6 Å². The molecule has 1 aromatic heterocycles. The molecule has 3 rings (SSSR count). The third kappa shape index (κ3) is 3.08. The molecule has 126 valence electrons. The molecule has 0 aliphatic carbocycles. The number of primary amides is 1. The molecule has 2 atom stereocenters. The number of carbonyl (C=O) groups is 2. The number of nitrogens with two attached hydrogens (primary N) is 1. The van der Waals surface area contributed by atoms with Crippen LogP contribution in [0.4, 0.5) is 0 Å². The number of nitrogens with zero attached hydrogens (tertiary/aromatic N) is 2. The average Bonchev–Trinajstić information content (AvgIpc) is 2.54. The van der Waals surface area contributed by atoms with Crippen molar-refractivity contribution in [3.63, 3.8) is 0 Å². The minimum atomic E-state index is -0.347. The third-order valence-corrected chi connectivity index (χ3v) is 4.98. The maximum Gasteiger partial charge on any atom is 0.255 e. The lowest BCUT2D eigenvalue weighted by atomic mass is 9.92. The normalized spacial score (nSPS) is 21.0. The third-order valence-electron chi connectivity index (χ3n) is 4.74. The summed E-state index contributed by atoms with van der Waals surface area (Å²) in [5, 5.41) is 1.43. The van der Waals surface area contributed by atoms with Gasteiger partial charge in [-0.3, -0.25) is 14.6 Å². The van der Waals surface area contributed by atoms with Crippen LogP contribution in [-0.2, 0) is 4.79 Å². The van der Waals surface area contributed by atoms with Gasteiger partial charge in [0.1, 0.15) is 0 Å². The van der Waals surface area contributed by atoms with Crippen LogP contribution in [0.3, 0.4) is 0 Å². The van der Waals surface area contributed by atoms with Gasteiger partial charge in [0.2, 0.25) is 5.91 Å². The summed E-state index contributed by atoms with van der Waals surface area (Å²) in [5.41, 5.74) is 7.44. The van der Waals surface area contributed by atoms with Crippen LogP contribution >= 0.6 is 11.6 Å². The summed E-state index contributed by atoms with van der Waals surface area (Å²) in [6.45, 7) is 4.18. The van der Waals surface area contributed by atoms with Crippen LogP contribution in [0, 0.1) is 12.8 Å². The first-order valence-electron chi connectivity index (χ1n) is 8.04. The molecule has 2 amide bonds. The van der Waals surface area contributed by atoms with Gasteiger partial charge in [-0.1, -0.05) is 11.6 Å². The Balaban J connectivity index is 1.97. The van der Waals surface area contributed by atoms with Crippen molar-refractivity contribution in [2.45, 2.75) is 32.7 Å². The van der Waals surface area contributed by atoms with E-state index < -0.39 is 0 Å². The Hall–Kier alpha value is -2.14. The monoisotopic (exact) mass is 345 g/mol. The van der Waals surface area contributed by atoms with E-state index >= 15 is 0 Å². The van der Waals surface area contributed by atoms with Gasteiger partial charge in [-0.2, -0.15) is 0 Å². The number of amides is 2. The van der Waals surface area contributed by atoms with Crippen LogP contribution in [-0.4, -0.2) is 34.3 Å². The van der Waals surface area contributed by atoms with Crippen molar-refractivity contribution in [3.8, 4) is 0 Å². The minimum absolute atomic E-state index is 0.0718. The van der Waals surface area contributed by atoms with Gasteiger partial charge in [0.05, 0.1) is 22.7 Å². The largest absolute Gasteiger partial charge is 0.369 e. The molecule has 6 heteroatoms. The van der Waals surface area contributed by atoms with Crippen LogP contribution in [0.5, 0.6) is 0 Å². The molecular formula is C18H20ClN3O2. The van der Waals surface area contributed by atoms with Crippen LogP contribution in [0.25, 0.3) is 10.9 Å². The molecule has 1 aromatic carbocycles. The molecule has 5 nitrogen and oxygen atoms in total. The standard InChI is InChI=1S/C18H20ClN3O2/c1-10-3-4-12(17(20)23)9-22(10)18(24)15-8-13-7-14(19)5-6-16(13)21-11(15)2/h5-8,10,12H,3-4,9H2,1-2H3,(H2,20,23)/t10-,12+/m1/s1. The van der Waals surface area contributed by atoms with E-state index in [0.717, 1.165) is 23.7 Å². The number of fused-ring (bicyclic) bond motifs is 1. The van der Waals surface area contributed by atoms with Crippen LogP contribution in [0.15, 0.2) is 24.3 Å². The van der Waals surface area contributed by atoms with Crippen molar-refractivity contribution in [1.82, 2.24) is 9.88 Å². The summed E-state index contributed by atoms with van der Waals surface area (Å²) in [4.78, 5) is 30.8. The summed E-state index contributed by atoms with van der Waals surface area (Å²) < 4.78 is 0. The van der Waals surface area contributed by atoms with Crippen molar-refractivity contribution in [2.75, 3.05) is 6.54 Å². The highest BCUT2D eigenvalue weighted by Gasteiger charge is 2.32. The fourth-order valence-corrected chi connectivity index (χ4v) is 3.42. The highest BCUT2D eigenvalue weighted by molar-refractivity contribution is 6.31. The van der Waals surface area contributed by atoms with E-state index in [2.05, 4.69) is 4.98 Å². The van der Waals surface area contributed by atoms with Gasteiger partial charge in [-0.05, 0) is 51.0 Å². The van der Waals surface area contributed by atoms with Crippen molar-refractivity contribution >= 4 is 34.3 Å². The number of pyridine rings is 1. The topological polar surface area (TPSA) is 76.3 Å². The molecular weight excluding hydrogens is 326 g/mol. The Morgan fingerprint density at radius 1 is 1.29 bits per heavy atom. The summed E-state index contributed by atoms with van der Waals surface area (Å²) in [6, 6.07) is 7.31. The predicted octanol–water partition coefficient (Wildman–Crippen LogP) is 2.92. The second-order valence-electron chi connectivity index (χ2n) is 6.44. The molecule has 0 saturated carbocycles. The average molecular weight is 346 g/mol. The van der Waals surface area contributed by atoms with E-state index in [1.54, 1.807) is 17.0 Å². The molecule has 0 bridgehead atoms. The first-order valence-corrected chi connectivity index (χ1v) is 8.42. The molecule has 0 radical (unpaired) electrons. The summed E-state index contributed by atoms with van der Waals surface area (Å²) in [5.74, 6) is -0.742. The van der Waals surface area contributed by atoms with Gasteiger partial charge >= 0.3 is 0 Å². The number of hydrogen-bond acceptors (Lipinski definition) is 3. The van der Waals surface area contributed by atoms with E-state index in [1.165, 1.54) is 0 Å². The van der Waals surface area contributed by atoms with Gasteiger partial charge in [0, 0.05) is 23.0 Å². The Kier molecular flexibility index (Phi) is 4.45. The number of carbonyl (C=O) groups excluding carboxylic acids is 2. The molecule has 0 spiro atoms. The summed E-state index contributed by atoms with van der Waals surface area (Å²) in [6.07, 6.45) is 1.50. The second kappa shape index (κ2) is 6.40. The molecule has 1 aliphatic rings. The lowest BCUT2D eigenvalue weighted by Crippen LogP contribution is -2.48. The molecule has 1 saturated heterocycles. The number of likely N-dealkylation sites (tertiary alicyclic amines) is 1. The lowest BCUT2D eigenvalue weighted by Gasteiger charge is -2.37. The Morgan fingerprint density at radius 3 is 2.75 bits per heavy atom. The number of rotatable bonds is 2. The zero-order valence-corrected chi connectivity index (χ0v) is 14.5. The summed E-state index contributed by atoms with van der Waals surface area (Å²) >= 11 is 6.04. The number of aryl methyl sites for hydroxylation is 1. The van der Waals surface area contributed by atoms with Crippen LogP contribution < -0.4 is 5.73 Å². The SMILES string of the molecule is Cc1nc2ccc(Cl)cc2cc1C(=O)N1C[C@@H](C(N)=O)CC[C@H]1C. The van der Waals surface area contributed by atoms with E-state index in [1.807, 2.05) is 26.0 Å². The number of piperidine rings is 1. The van der Waals surface area contributed by atoms with E-state index in [4.69, 9.17) is 17.3 Å². The number of benzene rings is 1. The molecule has 2 N–H and O–H groups in total. The second-order valence-corrected chi connectivity index (χ2v) is 6.88. The molecule has 2 aromatic rings.